The zero-order chi connectivity index (χ0) is 13.1. The lowest BCUT2D eigenvalue weighted by molar-refractivity contribution is 0.1000. The normalized spacial score (nSPS) is 15.1. The molecule has 0 unspecified atom stereocenters. The summed E-state index contributed by atoms with van der Waals surface area (Å²) in [6.07, 6.45) is 2.20. The van der Waals surface area contributed by atoms with Gasteiger partial charge in [-0.05, 0) is 25.0 Å². The fraction of sp³-hybridized carbons (Fsp3) is 0.462. The number of nitrogens with zero attached hydrogens (tertiary/aromatic N) is 1. The van der Waals surface area contributed by atoms with Crippen LogP contribution in [0.25, 0.3) is 0 Å². The van der Waals surface area contributed by atoms with Crippen LogP contribution in [-0.2, 0) is 6.54 Å². The van der Waals surface area contributed by atoms with Gasteiger partial charge in [-0.15, -0.1) is 0 Å². The van der Waals surface area contributed by atoms with Crippen molar-refractivity contribution in [3.8, 4) is 0 Å². The maximum atomic E-state index is 13.8. The molecular formula is C13H17FN2O2. The number of hydrogen-bond donors (Lipinski definition) is 2. The minimum absolute atomic E-state index is 0.0670. The third-order valence-electron chi connectivity index (χ3n) is 3.16. The Hall–Kier alpha value is -1.46. The topological polar surface area (TPSA) is 66.6 Å². The van der Waals surface area contributed by atoms with Crippen LogP contribution in [0.3, 0.4) is 0 Å². The molecule has 0 heterocycles. The van der Waals surface area contributed by atoms with E-state index in [0.29, 0.717) is 24.7 Å². The van der Waals surface area contributed by atoms with Crippen LogP contribution in [-0.4, -0.2) is 35.1 Å². The standard InChI is InChI=1S/C13H17FN2O2/c14-12-7-9(13(15)18)1-2-10(12)8-16(5-6-17)11-3-4-11/h1-2,7,11,17H,3-6,8H2,(H2,15,18). The van der Waals surface area contributed by atoms with E-state index in [9.17, 15) is 9.18 Å². The van der Waals surface area contributed by atoms with Crippen LogP contribution in [0.15, 0.2) is 18.2 Å². The Balaban J connectivity index is 2.10. The van der Waals surface area contributed by atoms with Gasteiger partial charge in [-0.3, -0.25) is 9.69 Å². The van der Waals surface area contributed by atoms with Crippen LogP contribution in [0, 0.1) is 5.82 Å². The molecule has 0 spiro atoms. The maximum absolute atomic E-state index is 13.8. The molecule has 1 aromatic rings. The molecule has 2 rings (SSSR count). The van der Waals surface area contributed by atoms with E-state index in [4.69, 9.17) is 10.8 Å². The van der Waals surface area contributed by atoms with Crippen molar-refractivity contribution in [1.82, 2.24) is 4.90 Å². The molecule has 98 valence electrons. The van der Waals surface area contributed by atoms with Gasteiger partial charge in [0.15, 0.2) is 0 Å². The Morgan fingerprint density at radius 3 is 2.72 bits per heavy atom. The van der Waals surface area contributed by atoms with Gasteiger partial charge in [-0.25, -0.2) is 4.39 Å². The van der Waals surface area contributed by atoms with E-state index in [1.54, 1.807) is 6.07 Å². The van der Waals surface area contributed by atoms with Crippen molar-refractivity contribution >= 4 is 5.91 Å². The lowest BCUT2D eigenvalue weighted by Crippen LogP contribution is -2.29. The van der Waals surface area contributed by atoms with E-state index in [2.05, 4.69) is 4.90 Å². The monoisotopic (exact) mass is 252 g/mol. The Morgan fingerprint density at radius 2 is 2.22 bits per heavy atom. The second kappa shape index (κ2) is 5.46. The molecule has 1 aliphatic rings. The Morgan fingerprint density at radius 1 is 1.50 bits per heavy atom. The Bertz CT molecular complexity index is 447. The number of rotatable bonds is 6. The summed E-state index contributed by atoms with van der Waals surface area (Å²) in [6, 6.07) is 4.74. The predicted octanol–water partition coefficient (Wildman–Crippen LogP) is 0.881. The van der Waals surface area contributed by atoms with Crippen molar-refractivity contribution in [2.45, 2.75) is 25.4 Å². The van der Waals surface area contributed by atoms with E-state index < -0.39 is 11.7 Å². The minimum Gasteiger partial charge on any atom is -0.395 e. The first kappa shape index (κ1) is 13.0. The molecule has 1 amide bonds. The molecule has 0 radical (unpaired) electrons. The molecule has 0 aromatic heterocycles. The van der Waals surface area contributed by atoms with E-state index in [0.717, 1.165) is 12.8 Å². The fourth-order valence-corrected chi connectivity index (χ4v) is 2.01. The summed E-state index contributed by atoms with van der Waals surface area (Å²) in [5.74, 6) is -1.05. The van der Waals surface area contributed by atoms with Gasteiger partial charge in [0.1, 0.15) is 5.82 Å². The lowest BCUT2D eigenvalue weighted by atomic mass is 10.1. The van der Waals surface area contributed by atoms with E-state index in [-0.39, 0.29) is 12.2 Å². The quantitative estimate of drug-likeness (QED) is 0.790. The van der Waals surface area contributed by atoms with Crippen molar-refractivity contribution in [2.75, 3.05) is 13.2 Å². The van der Waals surface area contributed by atoms with Gasteiger partial charge in [-0.2, -0.15) is 0 Å². The number of carbonyl (C=O) groups excluding carboxylic acids is 1. The fourth-order valence-electron chi connectivity index (χ4n) is 2.01. The number of benzene rings is 1. The van der Waals surface area contributed by atoms with Crippen molar-refractivity contribution in [2.24, 2.45) is 5.73 Å². The number of nitrogens with two attached hydrogens (primary N) is 1. The summed E-state index contributed by atoms with van der Waals surface area (Å²) in [6.45, 7) is 1.06. The molecule has 0 atom stereocenters. The second-order valence-electron chi connectivity index (χ2n) is 4.60. The van der Waals surface area contributed by atoms with Gasteiger partial charge < -0.3 is 10.8 Å². The summed E-state index contributed by atoms with van der Waals surface area (Å²) in [7, 11) is 0. The van der Waals surface area contributed by atoms with Crippen LogP contribution in [0.4, 0.5) is 4.39 Å². The zero-order valence-electron chi connectivity index (χ0n) is 10.1. The average Bonchev–Trinajstić information content (AvgIpc) is 3.14. The highest BCUT2D eigenvalue weighted by atomic mass is 19.1. The van der Waals surface area contributed by atoms with Crippen molar-refractivity contribution in [3.63, 3.8) is 0 Å². The number of primary amides is 1. The van der Waals surface area contributed by atoms with Crippen LogP contribution in [0.1, 0.15) is 28.8 Å². The first-order valence-electron chi connectivity index (χ1n) is 6.05. The summed E-state index contributed by atoms with van der Waals surface area (Å²) in [5, 5.41) is 8.98. The number of carbonyl (C=O) groups is 1. The lowest BCUT2D eigenvalue weighted by Gasteiger charge is -2.21. The third kappa shape index (κ3) is 3.05. The number of halogens is 1. The second-order valence-corrected chi connectivity index (χ2v) is 4.60. The van der Waals surface area contributed by atoms with Gasteiger partial charge in [0.2, 0.25) is 5.91 Å². The summed E-state index contributed by atoms with van der Waals surface area (Å²) < 4.78 is 13.8. The number of hydrogen-bond acceptors (Lipinski definition) is 3. The Labute approximate surface area is 105 Å². The van der Waals surface area contributed by atoms with Crippen molar-refractivity contribution in [3.05, 3.63) is 35.1 Å². The molecule has 1 saturated carbocycles. The van der Waals surface area contributed by atoms with Crippen LogP contribution in [0.5, 0.6) is 0 Å². The first-order chi connectivity index (χ1) is 8.61. The summed E-state index contributed by atoms with van der Waals surface area (Å²) >= 11 is 0. The summed E-state index contributed by atoms with van der Waals surface area (Å²) in [4.78, 5) is 13.0. The molecule has 3 N–H and O–H groups in total. The summed E-state index contributed by atoms with van der Waals surface area (Å²) in [5.41, 5.74) is 5.80. The van der Waals surface area contributed by atoms with E-state index >= 15 is 0 Å². The molecule has 1 aromatic carbocycles. The molecule has 0 saturated heterocycles. The van der Waals surface area contributed by atoms with Gasteiger partial charge >= 0.3 is 0 Å². The highest BCUT2D eigenvalue weighted by Gasteiger charge is 2.28. The SMILES string of the molecule is NC(=O)c1ccc(CN(CCO)C2CC2)c(F)c1. The highest BCUT2D eigenvalue weighted by molar-refractivity contribution is 5.92. The molecule has 5 heteroatoms. The van der Waals surface area contributed by atoms with Crippen LogP contribution < -0.4 is 5.73 Å². The molecule has 0 bridgehead atoms. The number of amides is 1. The predicted molar refractivity (Wildman–Crippen MR) is 65.4 cm³/mol. The minimum atomic E-state index is -0.630. The molecule has 0 aliphatic heterocycles. The third-order valence-corrected chi connectivity index (χ3v) is 3.16. The van der Waals surface area contributed by atoms with E-state index in [1.165, 1.54) is 12.1 Å². The average molecular weight is 252 g/mol. The molecular weight excluding hydrogens is 235 g/mol. The van der Waals surface area contributed by atoms with Crippen molar-refractivity contribution in [1.29, 1.82) is 0 Å². The number of aliphatic hydroxyl groups is 1. The zero-order valence-corrected chi connectivity index (χ0v) is 10.1. The maximum Gasteiger partial charge on any atom is 0.248 e. The molecule has 4 nitrogen and oxygen atoms in total. The van der Waals surface area contributed by atoms with Crippen LogP contribution >= 0.6 is 0 Å². The Kier molecular flexibility index (Phi) is 3.93. The van der Waals surface area contributed by atoms with Gasteiger partial charge in [0.05, 0.1) is 6.61 Å². The smallest absolute Gasteiger partial charge is 0.248 e. The molecule has 18 heavy (non-hydrogen) atoms. The van der Waals surface area contributed by atoms with Gasteiger partial charge in [-0.1, -0.05) is 6.07 Å². The van der Waals surface area contributed by atoms with Crippen molar-refractivity contribution < 1.29 is 14.3 Å². The van der Waals surface area contributed by atoms with Gasteiger partial charge in [0.25, 0.3) is 0 Å². The van der Waals surface area contributed by atoms with Gasteiger partial charge in [0, 0.05) is 30.3 Å². The molecule has 1 aliphatic carbocycles. The molecule has 1 fully saturated rings. The largest absolute Gasteiger partial charge is 0.395 e. The number of aliphatic hydroxyl groups excluding tert-OH is 1. The first-order valence-corrected chi connectivity index (χ1v) is 6.05. The van der Waals surface area contributed by atoms with Crippen LogP contribution in [0.2, 0.25) is 0 Å². The highest BCUT2D eigenvalue weighted by Crippen LogP contribution is 2.28. The van der Waals surface area contributed by atoms with E-state index in [1.807, 2.05) is 0 Å².